The zero-order valence-electron chi connectivity index (χ0n) is 11.9. The molecule has 0 saturated heterocycles. The third kappa shape index (κ3) is 5.46. The van der Waals surface area contributed by atoms with Crippen molar-refractivity contribution in [1.82, 2.24) is 5.32 Å². The number of methoxy groups -OCH3 is 1. The largest absolute Gasteiger partial charge is 0.469 e. The molecule has 3 atom stereocenters. The summed E-state index contributed by atoms with van der Waals surface area (Å²) in [4.78, 5) is 23.1. The molecule has 0 aliphatic heterocycles. The fraction of sp³-hybridized carbons (Fsp3) is 0.846. The average Bonchev–Trinajstić information content (AvgIpc) is 2.24. The Bertz CT molecular complexity index is 336. The molecule has 1 fully saturated rings. The number of aliphatic hydroxyl groups excluding tert-OH is 1. The normalized spacial score (nSPS) is 27.5. The zero-order chi connectivity index (χ0) is 14.6. The standard InChI is InChI=1S/C13H23NO5/c1-13(2,3)19-12(17)14-9-5-8(11(16)18-4)6-10(15)7-9/h8-10,15H,5-7H2,1-4H3,(H,14,17). The van der Waals surface area contributed by atoms with Crippen molar-refractivity contribution in [3.8, 4) is 0 Å². The molecule has 19 heavy (non-hydrogen) atoms. The van der Waals surface area contributed by atoms with E-state index in [2.05, 4.69) is 10.1 Å². The fourth-order valence-electron chi connectivity index (χ4n) is 2.24. The van der Waals surface area contributed by atoms with Crippen LogP contribution in [0.4, 0.5) is 4.79 Å². The predicted octanol–water partition coefficient (Wildman–Crippen LogP) is 1.21. The van der Waals surface area contributed by atoms with E-state index in [1.165, 1.54) is 7.11 Å². The van der Waals surface area contributed by atoms with Crippen LogP contribution < -0.4 is 5.32 Å². The highest BCUT2D eigenvalue weighted by Crippen LogP contribution is 2.26. The highest BCUT2D eigenvalue weighted by atomic mass is 16.6. The molecule has 2 N–H and O–H groups in total. The summed E-state index contributed by atoms with van der Waals surface area (Å²) in [7, 11) is 1.32. The second-order valence-corrected chi connectivity index (χ2v) is 5.92. The lowest BCUT2D eigenvalue weighted by Gasteiger charge is -2.32. The van der Waals surface area contributed by atoms with E-state index >= 15 is 0 Å². The molecular weight excluding hydrogens is 250 g/mol. The van der Waals surface area contributed by atoms with Crippen molar-refractivity contribution in [2.75, 3.05) is 7.11 Å². The monoisotopic (exact) mass is 273 g/mol. The molecule has 6 heteroatoms. The van der Waals surface area contributed by atoms with E-state index in [9.17, 15) is 14.7 Å². The van der Waals surface area contributed by atoms with Crippen molar-refractivity contribution in [1.29, 1.82) is 0 Å². The first-order valence-corrected chi connectivity index (χ1v) is 6.46. The third-order valence-electron chi connectivity index (χ3n) is 2.94. The van der Waals surface area contributed by atoms with Gasteiger partial charge >= 0.3 is 12.1 Å². The van der Waals surface area contributed by atoms with E-state index in [4.69, 9.17) is 4.74 Å². The summed E-state index contributed by atoms with van der Waals surface area (Å²) < 4.78 is 9.83. The minimum Gasteiger partial charge on any atom is -0.469 e. The summed E-state index contributed by atoms with van der Waals surface area (Å²) in [5, 5.41) is 12.4. The van der Waals surface area contributed by atoms with Gasteiger partial charge in [-0.3, -0.25) is 4.79 Å². The molecule has 1 amide bonds. The number of ether oxygens (including phenoxy) is 2. The molecule has 1 aliphatic rings. The molecule has 0 radical (unpaired) electrons. The van der Waals surface area contributed by atoms with Gasteiger partial charge in [-0.15, -0.1) is 0 Å². The van der Waals surface area contributed by atoms with Crippen molar-refractivity contribution in [2.45, 2.75) is 57.8 Å². The Balaban J connectivity index is 2.53. The second kappa shape index (κ2) is 6.23. The number of amides is 1. The maximum atomic E-state index is 11.6. The molecular formula is C13H23NO5. The Morgan fingerprint density at radius 1 is 1.21 bits per heavy atom. The molecule has 0 spiro atoms. The SMILES string of the molecule is COC(=O)C1CC(O)CC(NC(=O)OC(C)(C)C)C1. The summed E-state index contributed by atoms with van der Waals surface area (Å²) >= 11 is 0. The Hall–Kier alpha value is -1.30. The molecule has 0 aromatic carbocycles. The molecule has 0 aromatic rings. The van der Waals surface area contributed by atoms with Crippen LogP contribution in [0.15, 0.2) is 0 Å². The highest BCUT2D eigenvalue weighted by molar-refractivity contribution is 5.73. The third-order valence-corrected chi connectivity index (χ3v) is 2.94. The van der Waals surface area contributed by atoms with Crippen LogP contribution in [-0.2, 0) is 14.3 Å². The molecule has 0 aromatic heterocycles. The van der Waals surface area contributed by atoms with Crippen molar-refractivity contribution < 1.29 is 24.2 Å². The van der Waals surface area contributed by atoms with Crippen LogP contribution >= 0.6 is 0 Å². The summed E-state index contributed by atoms with van der Waals surface area (Å²) in [5.41, 5.74) is -0.570. The Kier molecular flexibility index (Phi) is 5.17. The van der Waals surface area contributed by atoms with Crippen LogP contribution in [0.3, 0.4) is 0 Å². The number of alkyl carbamates (subject to hydrolysis) is 1. The minimum absolute atomic E-state index is 0.275. The number of carbonyl (C=O) groups is 2. The number of hydrogen-bond acceptors (Lipinski definition) is 5. The van der Waals surface area contributed by atoms with Gasteiger partial charge in [0.2, 0.25) is 0 Å². The quantitative estimate of drug-likeness (QED) is 0.739. The number of esters is 1. The van der Waals surface area contributed by atoms with Gasteiger partial charge in [-0.1, -0.05) is 0 Å². The van der Waals surface area contributed by atoms with Gasteiger partial charge in [0.05, 0.1) is 19.1 Å². The van der Waals surface area contributed by atoms with Crippen LogP contribution in [-0.4, -0.2) is 42.0 Å². The van der Waals surface area contributed by atoms with E-state index in [0.29, 0.717) is 19.3 Å². The van der Waals surface area contributed by atoms with Gasteiger partial charge in [0.1, 0.15) is 5.60 Å². The molecule has 110 valence electrons. The maximum Gasteiger partial charge on any atom is 0.407 e. The lowest BCUT2D eigenvalue weighted by atomic mass is 9.84. The number of nitrogens with one attached hydrogen (secondary N) is 1. The van der Waals surface area contributed by atoms with Crippen molar-refractivity contribution in [3.05, 3.63) is 0 Å². The zero-order valence-corrected chi connectivity index (χ0v) is 11.9. The molecule has 0 bridgehead atoms. The first-order chi connectivity index (χ1) is 8.71. The van der Waals surface area contributed by atoms with Gasteiger partial charge < -0.3 is 19.9 Å². The topological polar surface area (TPSA) is 84.9 Å². The highest BCUT2D eigenvalue weighted by Gasteiger charge is 2.34. The van der Waals surface area contributed by atoms with Gasteiger partial charge in [-0.25, -0.2) is 4.79 Å². The van der Waals surface area contributed by atoms with E-state index in [1.807, 2.05) is 0 Å². The van der Waals surface area contributed by atoms with E-state index in [0.717, 1.165) is 0 Å². The molecule has 1 aliphatic carbocycles. The van der Waals surface area contributed by atoms with E-state index in [1.54, 1.807) is 20.8 Å². The van der Waals surface area contributed by atoms with E-state index in [-0.39, 0.29) is 17.9 Å². The molecule has 0 heterocycles. The first kappa shape index (κ1) is 15.8. The minimum atomic E-state index is -0.613. The predicted molar refractivity (Wildman–Crippen MR) is 68.5 cm³/mol. The summed E-state index contributed by atoms with van der Waals surface area (Å²) in [6, 6.07) is -0.275. The van der Waals surface area contributed by atoms with Crippen LogP contribution in [0, 0.1) is 5.92 Å². The number of carbonyl (C=O) groups excluding carboxylic acids is 2. The van der Waals surface area contributed by atoms with Gasteiger partial charge in [0.25, 0.3) is 0 Å². The smallest absolute Gasteiger partial charge is 0.407 e. The van der Waals surface area contributed by atoms with Crippen molar-refractivity contribution in [2.24, 2.45) is 5.92 Å². The average molecular weight is 273 g/mol. The Morgan fingerprint density at radius 2 is 1.84 bits per heavy atom. The summed E-state index contributed by atoms with van der Waals surface area (Å²) in [6.45, 7) is 5.33. The second-order valence-electron chi connectivity index (χ2n) is 5.92. The molecule has 3 unspecified atom stereocenters. The van der Waals surface area contributed by atoms with Crippen LogP contribution in [0.5, 0.6) is 0 Å². The first-order valence-electron chi connectivity index (χ1n) is 6.46. The Labute approximate surface area is 113 Å². The summed E-state index contributed by atoms with van der Waals surface area (Å²) in [6.07, 6.45) is 0.113. The molecule has 1 rings (SSSR count). The van der Waals surface area contributed by atoms with Crippen LogP contribution in [0.2, 0.25) is 0 Å². The number of aliphatic hydroxyl groups is 1. The van der Waals surface area contributed by atoms with Crippen molar-refractivity contribution >= 4 is 12.1 Å². The number of rotatable bonds is 2. The lowest BCUT2D eigenvalue weighted by Crippen LogP contribution is -2.45. The van der Waals surface area contributed by atoms with Crippen LogP contribution in [0.1, 0.15) is 40.0 Å². The van der Waals surface area contributed by atoms with Gasteiger partial charge in [0.15, 0.2) is 0 Å². The van der Waals surface area contributed by atoms with Crippen LogP contribution in [0.25, 0.3) is 0 Å². The maximum absolute atomic E-state index is 11.6. The fourth-order valence-corrected chi connectivity index (χ4v) is 2.24. The summed E-state index contributed by atoms with van der Waals surface area (Å²) in [5.74, 6) is -0.733. The van der Waals surface area contributed by atoms with E-state index < -0.39 is 17.8 Å². The molecule has 6 nitrogen and oxygen atoms in total. The van der Waals surface area contributed by atoms with Crippen molar-refractivity contribution in [3.63, 3.8) is 0 Å². The van der Waals surface area contributed by atoms with Gasteiger partial charge in [-0.2, -0.15) is 0 Å². The van der Waals surface area contributed by atoms with Gasteiger partial charge in [0, 0.05) is 6.04 Å². The van der Waals surface area contributed by atoms with Gasteiger partial charge in [-0.05, 0) is 40.0 Å². The number of hydrogen-bond donors (Lipinski definition) is 2. The lowest BCUT2D eigenvalue weighted by molar-refractivity contribution is -0.148. The molecule has 1 saturated carbocycles. The Morgan fingerprint density at radius 3 is 2.37 bits per heavy atom.